The zero-order valence-electron chi connectivity index (χ0n) is 15.1. The first-order chi connectivity index (χ1) is 13.1. The lowest BCUT2D eigenvalue weighted by molar-refractivity contribution is 0.0728. The molecule has 136 valence electrons. The third-order valence-electron chi connectivity index (χ3n) is 5.57. The van der Waals surface area contributed by atoms with Crippen LogP contribution < -0.4 is 10.2 Å². The van der Waals surface area contributed by atoms with Crippen molar-refractivity contribution in [1.29, 1.82) is 0 Å². The summed E-state index contributed by atoms with van der Waals surface area (Å²) in [5.74, 6) is 0.636. The quantitative estimate of drug-likeness (QED) is 0.722. The van der Waals surface area contributed by atoms with Gasteiger partial charge in [-0.05, 0) is 29.7 Å². The highest BCUT2D eigenvalue weighted by molar-refractivity contribution is 5.98. The average molecular weight is 360 g/mol. The molecule has 0 spiro atoms. The normalized spacial score (nSPS) is 17.0. The number of hydrogen-bond acceptors (Lipinski definition) is 3. The molecule has 5 rings (SSSR count). The highest BCUT2D eigenvalue weighted by Gasteiger charge is 2.27. The molecular weight excluding hydrogens is 340 g/mol. The van der Waals surface area contributed by atoms with Gasteiger partial charge in [0.1, 0.15) is 17.4 Å². The molecule has 2 aliphatic rings. The van der Waals surface area contributed by atoms with Gasteiger partial charge in [-0.15, -0.1) is 0 Å². The van der Waals surface area contributed by atoms with Gasteiger partial charge in [-0.2, -0.15) is 0 Å². The van der Waals surface area contributed by atoms with Crippen LogP contribution in [-0.2, 0) is 19.4 Å². The van der Waals surface area contributed by atoms with Crippen molar-refractivity contribution >= 4 is 16.8 Å². The van der Waals surface area contributed by atoms with Crippen LogP contribution in [0, 0.1) is 0 Å². The number of carbonyl (C=O) groups excluding carboxylic acids is 1. The summed E-state index contributed by atoms with van der Waals surface area (Å²) in [6.07, 6.45) is 3.32. The van der Waals surface area contributed by atoms with E-state index in [0.717, 1.165) is 36.2 Å². The van der Waals surface area contributed by atoms with Gasteiger partial charge in [0.05, 0.1) is 12.1 Å². The van der Waals surface area contributed by atoms with Crippen molar-refractivity contribution in [2.24, 2.45) is 0 Å². The Hall–Kier alpha value is -3.08. The van der Waals surface area contributed by atoms with E-state index in [9.17, 15) is 9.59 Å². The van der Waals surface area contributed by atoms with Gasteiger partial charge < -0.3 is 14.2 Å². The number of likely N-dealkylation sites (N-methyl/N-ethyl adjacent to an activating group) is 1. The van der Waals surface area contributed by atoms with E-state index >= 15 is 0 Å². The molecule has 0 radical (unpaired) electrons. The lowest BCUT2D eigenvalue weighted by atomic mass is 10.1. The number of ether oxygens (including phenoxy) is 1. The van der Waals surface area contributed by atoms with Crippen LogP contribution in [0.4, 0.5) is 0 Å². The number of rotatable bonds is 3. The molecule has 0 N–H and O–H groups in total. The minimum Gasteiger partial charge on any atom is -0.488 e. The third kappa shape index (κ3) is 2.53. The fraction of sp³-hybridized carbons (Fsp3) is 0.273. The van der Waals surface area contributed by atoms with Crippen molar-refractivity contribution in [3.8, 4) is 5.75 Å². The maximum Gasteiger partial charge on any atom is 0.259 e. The zero-order valence-corrected chi connectivity index (χ0v) is 15.1. The number of pyridine rings is 1. The molecule has 0 saturated heterocycles. The summed E-state index contributed by atoms with van der Waals surface area (Å²) in [5.41, 5.74) is 3.36. The number of nitrogens with zero attached hydrogens (tertiary/aromatic N) is 2. The van der Waals surface area contributed by atoms with Crippen molar-refractivity contribution in [1.82, 2.24) is 9.47 Å². The summed E-state index contributed by atoms with van der Waals surface area (Å²) in [5, 5.41) is 0.633. The van der Waals surface area contributed by atoms with Crippen LogP contribution in [0.15, 0.2) is 53.5 Å². The molecule has 5 heteroatoms. The van der Waals surface area contributed by atoms with E-state index in [1.54, 1.807) is 18.1 Å². The topological polar surface area (TPSA) is 51.5 Å². The molecule has 0 saturated carbocycles. The molecule has 3 aromatic rings. The molecule has 5 nitrogen and oxygen atoms in total. The van der Waals surface area contributed by atoms with Crippen LogP contribution in [0.1, 0.15) is 21.5 Å². The van der Waals surface area contributed by atoms with Crippen LogP contribution in [0.25, 0.3) is 10.9 Å². The van der Waals surface area contributed by atoms with E-state index in [-0.39, 0.29) is 23.0 Å². The fourth-order valence-electron chi connectivity index (χ4n) is 4.26. The predicted molar refractivity (Wildman–Crippen MR) is 103 cm³/mol. The Morgan fingerprint density at radius 3 is 2.85 bits per heavy atom. The molecule has 3 heterocycles. The smallest absolute Gasteiger partial charge is 0.259 e. The standard InChI is InChI=1S/C22H20N2O3/c1-23(12-16-11-15-5-2-3-8-19(15)27-16)22(26)18-13-24-10-9-14-6-4-7-17(20(14)24)21(18)25/h2-8,13,16H,9-12H2,1H3/t16-/m1/s1. The van der Waals surface area contributed by atoms with Crippen LogP contribution >= 0.6 is 0 Å². The number of para-hydroxylation sites is 2. The predicted octanol–water partition coefficient (Wildman–Crippen LogP) is 2.63. The number of benzene rings is 2. The number of aryl methyl sites for hydroxylation is 2. The van der Waals surface area contributed by atoms with Crippen LogP contribution in [0.5, 0.6) is 5.75 Å². The van der Waals surface area contributed by atoms with E-state index in [0.29, 0.717) is 11.9 Å². The summed E-state index contributed by atoms with van der Waals surface area (Å²) in [6.45, 7) is 1.26. The SMILES string of the molecule is CN(C[C@H]1Cc2ccccc2O1)C(=O)c1cn2c3c(cccc3c1=O)CC2. The minimum absolute atomic E-state index is 0.0821. The van der Waals surface area contributed by atoms with Crippen molar-refractivity contribution < 1.29 is 9.53 Å². The summed E-state index contributed by atoms with van der Waals surface area (Å²) in [7, 11) is 1.73. The van der Waals surface area contributed by atoms with Crippen molar-refractivity contribution in [2.45, 2.75) is 25.5 Å². The van der Waals surface area contributed by atoms with E-state index in [1.165, 1.54) is 5.56 Å². The third-order valence-corrected chi connectivity index (χ3v) is 5.57. The maximum atomic E-state index is 13.0. The second-order valence-electron chi connectivity index (χ2n) is 7.37. The van der Waals surface area contributed by atoms with Crippen LogP contribution in [0.3, 0.4) is 0 Å². The first-order valence-electron chi connectivity index (χ1n) is 9.27. The molecule has 2 aromatic carbocycles. The second kappa shape index (κ2) is 5.98. The van der Waals surface area contributed by atoms with Gasteiger partial charge in [-0.1, -0.05) is 30.3 Å². The minimum atomic E-state index is -0.248. The first-order valence-corrected chi connectivity index (χ1v) is 9.27. The van der Waals surface area contributed by atoms with Gasteiger partial charge in [-0.3, -0.25) is 9.59 Å². The lowest BCUT2D eigenvalue weighted by Crippen LogP contribution is -2.38. The molecule has 2 aliphatic heterocycles. The monoisotopic (exact) mass is 360 g/mol. The number of carbonyl (C=O) groups is 1. The molecule has 0 fully saturated rings. The van der Waals surface area contributed by atoms with E-state index in [1.807, 2.05) is 47.0 Å². The van der Waals surface area contributed by atoms with E-state index in [2.05, 4.69) is 0 Å². The van der Waals surface area contributed by atoms with Crippen molar-refractivity contribution in [3.63, 3.8) is 0 Å². The van der Waals surface area contributed by atoms with Crippen LogP contribution in [-0.4, -0.2) is 35.1 Å². The van der Waals surface area contributed by atoms with Crippen LogP contribution in [0.2, 0.25) is 0 Å². The highest BCUT2D eigenvalue weighted by atomic mass is 16.5. The molecule has 1 atom stereocenters. The highest BCUT2D eigenvalue weighted by Crippen LogP contribution is 2.28. The Labute approximate surface area is 156 Å². The number of fused-ring (bicyclic) bond motifs is 1. The molecule has 0 bridgehead atoms. The largest absolute Gasteiger partial charge is 0.488 e. The number of amides is 1. The number of hydrogen-bond donors (Lipinski definition) is 0. The summed E-state index contributed by atoms with van der Waals surface area (Å²) in [4.78, 5) is 27.5. The average Bonchev–Trinajstić information content (AvgIpc) is 3.28. The molecule has 0 unspecified atom stereocenters. The van der Waals surface area contributed by atoms with Gasteiger partial charge in [0.2, 0.25) is 5.43 Å². The van der Waals surface area contributed by atoms with E-state index in [4.69, 9.17) is 4.74 Å². The summed E-state index contributed by atoms with van der Waals surface area (Å²) >= 11 is 0. The number of aromatic nitrogens is 1. The summed E-state index contributed by atoms with van der Waals surface area (Å²) in [6, 6.07) is 13.7. The molecule has 0 aliphatic carbocycles. The Kier molecular flexibility index (Phi) is 3.57. The van der Waals surface area contributed by atoms with Gasteiger partial charge >= 0.3 is 0 Å². The van der Waals surface area contributed by atoms with E-state index < -0.39 is 0 Å². The molecular formula is C22H20N2O3. The molecule has 1 amide bonds. The lowest BCUT2D eigenvalue weighted by Gasteiger charge is -2.21. The first kappa shape index (κ1) is 16.1. The van der Waals surface area contributed by atoms with Crippen molar-refractivity contribution in [3.05, 3.63) is 75.6 Å². The Balaban J connectivity index is 1.42. The second-order valence-corrected chi connectivity index (χ2v) is 7.37. The van der Waals surface area contributed by atoms with Gasteiger partial charge in [0, 0.05) is 31.6 Å². The Morgan fingerprint density at radius 2 is 2.00 bits per heavy atom. The van der Waals surface area contributed by atoms with Crippen molar-refractivity contribution in [2.75, 3.05) is 13.6 Å². The maximum absolute atomic E-state index is 13.0. The molecule has 27 heavy (non-hydrogen) atoms. The Morgan fingerprint density at radius 1 is 1.19 bits per heavy atom. The molecule has 1 aromatic heterocycles. The summed E-state index contributed by atoms with van der Waals surface area (Å²) < 4.78 is 7.98. The van der Waals surface area contributed by atoms with Gasteiger partial charge in [0.25, 0.3) is 5.91 Å². The van der Waals surface area contributed by atoms with Gasteiger partial charge in [0.15, 0.2) is 0 Å². The fourth-order valence-corrected chi connectivity index (χ4v) is 4.26. The Bertz CT molecular complexity index is 1110. The van der Waals surface area contributed by atoms with Gasteiger partial charge in [-0.25, -0.2) is 0 Å². The zero-order chi connectivity index (χ0) is 18.5.